The summed E-state index contributed by atoms with van der Waals surface area (Å²) in [5.41, 5.74) is 0. The van der Waals surface area contributed by atoms with E-state index in [0.29, 0.717) is 18.4 Å². The third kappa shape index (κ3) is 3.62. The lowest BCUT2D eigenvalue weighted by atomic mass is 9.85. The molecule has 0 saturated heterocycles. The minimum atomic E-state index is -0.930. The summed E-state index contributed by atoms with van der Waals surface area (Å²) in [6, 6.07) is -0.129. The van der Waals surface area contributed by atoms with Gasteiger partial charge in [-0.25, -0.2) is 4.79 Å². The van der Waals surface area contributed by atoms with E-state index in [1.807, 2.05) is 0 Å². The number of carboxylic acid groups (broad SMARTS) is 1. The summed E-state index contributed by atoms with van der Waals surface area (Å²) in [4.78, 5) is 26.2. The highest BCUT2D eigenvalue weighted by atomic mass is 16.4. The van der Waals surface area contributed by atoms with Gasteiger partial charge in [-0.15, -0.1) is 0 Å². The molecule has 0 atom stereocenters. The third-order valence-electron chi connectivity index (χ3n) is 3.86. The fourth-order valence-electron chi connectivity index (χ4n) is 2.37. The summed E-state index contributed by atoms with van der Waals surface area (Å²) in [5.74, 6) is 0.206. The minimum Gasteiger partial charge on any atom is -0.480 e. The molecule has 0 bridgehead atoms. The van der Waals surface area contributed by atoms with Gasteiger partial charge < -0.3 is 14.9 Å². The second-order valence-corrected chi connectivity index (χ2v) is 5.68. The van der Waals surface area contributed by atoms with Crippen LogP contribution in [0.15, 0.2) is 0 Å². The largest absolute Gasteiger partial charge is 0.480 e. The van der Waals surface area contributed by atoms with E-state index in [1.165, 1.54) is 24.2 Å². The van der Waals surface area contributed by atoms with Crippen LogP contribution in [0.4, 0.5) is 4.79 Å². The number of hydrogen-bond acceptors (Lipinski definition) is 2. The lowest BCUT2D eigenvalue weighted by Gasteiger charge is -2.33. The molecule has 0 aromatic carbocycles. The van der Waals surface area contributed by atoms with E-state index in [-0.39, 0.29) is 12.6 Å². The van der Waals surface area contributed by atoms with E-state index in [4.69, 9.17) is 5.11 Å². The fraction of sp³-hybridized carbons (Fsp3) is 0.846. The van der Waals surface area contributed by atoms with Crippen LogP contribution in [-0.4, -0.2) is 53.6 Å². The minimum absolute atomic E-state index is 0.129. The van der Waals surface area contributed by atoms with E-state index in [2.05, 4.69) is 0 Å². The highest BCUT2D eigenvalue weighted by Crippen LogP contribution is 2.30. The average molecular weight is 254 g/mol. The van der Waals surface area contributed by atoms with Crippen LogP contribution < -0.4 is 0 Å². The Balaban J connectivity index is 1.85. The number of carboxylic acids is 1. The van der Waals surface area contributed by atoms with Gasteiger partial charge in [-0.2, -0.15) is 0 Å². The lowest BCUT2D eigenvalue weighted by molar-refractivity contribution is -0.137. The Hall–Kier alpha value is -1.26. The van der Waals surface area contributed by atoms with Crippen molar-refractivity contribution in [1.29, 1.82) is 0 Å². The molecule has 0 aromatic rings. The number of carbonyl (C=O) groups excluding carboxylic acids is 1. The molecular formula is C13H22N2O3. The van der Waals surface area contributed by atoms with E-state index in [1.54, 1.807) is 11.9 Å². The Morgan fingerprint density at radius 3 is 2.17 bits per heavy atom. The van der Waals surface area contributed by atoms with Gasteiger partial charge in [0, 0.05) is 20.1 Å². The van der Waals surface area contributed by atoms with Crippen molar-refractivity contribution in [2.75, 3.05) is 26.7 Å². The Labute approximate surface area is 108 Å². The summed E-state index contributed by atoms with van der Waals surface area (Å²) in [6.45, 7) is 1.18. The van der Waals surface area contributed by atoms with Crippen LogP contribution in [0.2, 0.25) is 0 Å². The number of aliphatic carboxylic acids is 1. The van der Waals surface area contributed by atoms with Crippen LogP contribution in [0.5, 0.6) is 0 Å². The van der Waals surface area contributed by atoms with Crippen LogP contribution in [0.25, 0.3) is 0 Å². The van der Waals surface area contributed by atoms with Crippen molar-refractivity contribution in [3.63, 3.8) is 0 Å². The zero-order valence-electron chi connectivity index (χ0n) is 11.0. The maximum atomic E-state index is 12.2. The molecule has 2 amide bonds. The molecule has 0 spiro atoms. The number of carbonyl (C=O) groups is 2. The van der Waals surface area contributed by atoms with Crippen LogP contribution in [0.3, 0.4) is 0 Å². The molecule has 0 radical (unpaired) electrons. The van der Waals surface area contributed by atoms with Gasteiger partial charge in [0.1, 0.15) is 6.54 Å². The Morgan fingerprint density at radius 1 is 1.11 bits per heavy atom. The molecule has 2 fully saturated rings. The second-order valence-electron chi connectivity index (χ2n) is 5.68. The SMILES string of the molecule is CN(CC1CCC1)C(=O)N(CC(=O)O)CC1CC1. The van der Waals surface area contributed by atoms with Crippen molar-refractivity contribution >= 4 is 12.0 Å². The zero-order chi connectivity index (χ0) is 13.1. The van der Waals surface area contributed by atoms with Gasteiger partial charge in [0.25, 0.3) is 0 Å². The lowest BCUT2D eigenvalue weighted by Crippen LogP contribution is -2.46. The normalized spacial score (nSPS) is 19.2. The van der Waals surface area contributed by atoms with Gasteiger partial charge in [0.05, 0.1) is 0 Å². The van der Waals surface area contributed by atoms with Gasteiger partial charge in [-0.05, 0) is 37.5 Å². The predicted octanol–water partition coefficient (Wildman–Crippen LogP) is 1.63. The Morgan fingerprint density at radius 2 is 1.72 bits per heavy atom. The van der Waals surface area contributed by atoms with Crippen molar-refractivity contribution in [1.82, 2.24) is 9.80 Å². The van der Waals surface area contributed by atoms with E-state index in [9.17, 15) is 9.59 Å². The smallest absolute Gasteiger partial charge is 0.323 e. The molecule has 0 aromatic heterocycles. The summed E-state index contributed by atoms with van der Waals surface area (Å²) in [5, 5.41) is 8.87. The van der Waals surface area contributed by atoms with Gasteiger partial charge in [0.15, 0.2) is 0 Å². The van der Waals surface area contributed by atoms with Crippen molar-refractivity contribution in [3.8, 4) is 0 Å². The highest BCUT2D eigenvalue weighted by Gasteiger charge is 2.30. The number of rotatable bonds is 6. The number of nitrogens with zero attached hydrogens (tertiary/aromatic N) is 2. The first-order chi connectivity index (χ1) is 8.56. The van der Waals surface area contributed by atoms with Crippen LogP contribution in [-0.2, 0) is 4.79 Å². The quantitative estimate of drug-likeness (QED) is 0.783. The highest BCUT2D eigenvalue weighted by molar-refractivity contribution is 5.80. The summed E-state index contributed by atoms with van der Waals surface area (Å²) in [6.07, 6.45) is 5.89. The summed E-state index contributed by atoms with van der Waals surface area (Å²) in [7, 11) is 1.78. The van der Waals surface area contributed by atoms with Gasteiger partial charge in [0.2, 0.25) is 0 Å². The van der Waals surface area contributed by atoms with Gasteiger partial charge in [-0.3, -0.25) is 4.79 Å². The average Bonchev–Trinajstić information content (AvgIpc) is 3.04. The molecule has 2 aliphatic rings. The maximum Gasteiger partial charge on any atom is 0.323 e. The first kappa shape index (κ1) is 13.2. The number of amides is 2. The van der Waals surface area contributed by atoms with Crippen LogP contribution in [0, 0.1) is 11.8 Å². The molecule has 2 saturated carbocycles. The molecular weight excluding hydrogens is 232 g/mol. The van der Waals surface area contributed by atoms with Crippen molar-refractivity contribution in [2.45, 2.75) is 32.1 Å². The molecule has 0 unspecified atom stereocenters. The first-order valence-electron chi connectivity index (χ1n) is 6.78. The maximum absolute atomic E-state index is 12.2. The fourth-order valence-corrected chi connectivity index (χ4v) is 2.37. The predicted molar refractivity (Wildman–Crippen MR) is 67.3 cm³/mol. The molecule has 18 heavy (non-hydrogen) atoms. The van der Waals surface area contributed by atoms with E-state index < -0.39 is 5.97 Å². The van der Waals surface area contributed by atoms with E-state index in [0.717, 1.165) is 19.4 Å². The van der Waals surface area contributed by atoms with Gasteiger partial charge in [-0.1, -0.05) is 6.42 Å². The van der Waals surface area contributed by atoms with Crippen LogP contribution >= 0.6 is 0 Å². The molecule has 0 aliphatic heterocycles. The number of urea groups is 1. The van der Waals surface area contributed by atoms with Crippen LogP contribution in [0.1, 0.15) is 32.1 Å². The number of hydrogen-bond donors (Lipinski definition) is 1. The van der Waals surface area contributed by atoms with Crippen molar-refractivity contribution < 1.29 is 14.7 Å². The van der Waals surface area contributed by atoms with Crippen molar-refractivity contribution in [2.24, 2.45) is 11.8 Å². The molecule has 2 rings (SSSR count). The zero-order valence-corrected chi connectivity index (χ0v) is 11.0. The third-order valence-corrected chi connectivity index (χ3v) is 3.86. The summed E-state index contributed by atoms with van der Waals surface area (Å²) >= 11 is 0. The van der Waals surface area contributed by atoms with Gasteiger partial charge >= 0.3 is 12.0 Å². The molecule has 5 nitrogen and oxygen atoms in total. The standard InChI is InChI=1S/C13H22N2O3/c1-14(7-10-3-2-4-10)13(18)15(9-12(16)17)8-11-5-6-11/h10-11H,2-9H2,1H3,(H,16,17). The summed E-state index contributed by atoms with van der Waals surface area (Å²) < 4.78 is 0. The Bertz CT molecular complexity index is 324. The molecule has 102 valence electrons. The molecule has 0 heterocycles. The van der Waals surface area contributed by atoms with Crippen molar-refractivity contribution in [3.05, 3.63) is 0 Å². The second kappa shape index (κ2) is 5.59. The molecule has 2 aliphatic carbocycles. The monoisotopic (exact) mass is 254 g/mol. The Kier molecular flexibility index (Phi) is 4.09. The molecule has 1 N–H and O–H groups in total. The first-order valence-corrected chi connectivity index (χ1v) is 6.78. The molecule has 5 heteroatoms. The topological polar surface area (TPSA) is 60.9 Å². The van der Waals surface area contributed by atoms with E-state index >= 15 is 0 Å².